The molecule has 0 spiro atoms. The highest BCUT2D eigenvalue weighted by Gasteiger charge is 2.12. The lowest BCUT2D eigenvalue weighted by atomic mass is 10.3. The minimum absolute atomic E-state index is 0.00435. The van der Waals surface area contributed by atoms with Crippen molar-refractivity contribution in [2.24, 2.45) is 19.1 Å². The number of hydrogen-bond donors (Lipinski definition) is 2. The first kappa shape index (κ1) is 14.4. The number of aromatic nitrogens is 4. The fraction of sp³-hybridized carbons (Fsp3) is 0.250. The van der Waals surface area contributed by atoms with E-state index in [1.54, 1.807) is 6.92 Å². The predicted octanol–water partition coefficient (Wildman–Crippen LogP) is -1.07. The third kappa shape index (κ3) is 2.66. The summed E-state index contributed by atoms with van der Waals surface area (Å²) in [6.45, 7) is 1.62. The predicted molar refractivity (Wildman–Crippen MR) is 75.4 cm³/mol. The maximum Gasteiger partial charge on any atom is 0.333 e. The van der Waals surface area contributed by atoms with Gasteiger partial charge in [0.15, 0.2) is 0 Å². The monoisotopic (exact) mass is 291 g/mol. The Labute approximate surface area is 117 Å². The van der Waals surface area contributed by atoms with Crippen LogP contribution < -0.4 is 16.8 Å². The molecule has 2 N–H and O–H groups in total. The maximum atomic E-state index is 11.9. The summed E-state index contributed by atoms with van der Waals surface area (Å²) in [5, 5.41) is 9.84. The molecule has 0 unspecified atom stereocenters. The van der Waals surface area contributed by atoms with Crippen LogP contribution in [0.5, 0.6) is 5.88 Å². The number of aryl methyl sites for hydroxylation is 1. The highest BCUT2D eigenvalue weighted by molar-refractivity contribution is 5.83. The Balaban J connectivity index is 2.59. The van der Waals surface area contributed by atoms with Crippen molar-refractivity contribution < 1.29 is 5.11 Å². The van der Waals surface area contributed by atoms with E-state index in [1.807, 2.05) is 0 Å². The van der Waals surface area contributed by atoms with Crippen LogP contribution in [0.3, 0.4) is 0 Å². The Hall–Kier alpha value is -2.97. The number of aromatic amines is 1. The molecule has 0 aliphatic carbocycles. The van der Waals surface area contributed by atoms with Gasteiger partial charge in [0.2, 0.25) is 11.8 Å². The van der Waals surface area contributed by atoms with Crippen molar-refractivity contribution in [1.29, 1.82) is 0 Å². The number of nitrogens with zero attached hydrogens (tertiary/aromatic N) is 4. The standard InChI is InChI=1S/C12H13N5O4/c1-6-4-8(18)15-11(14-6)13-5-7-9(19)16(2)12(21)17(3)10(7)20/h4-5,19H,1-3H3,(H,14,15,18)/b13-5+. The quantitative estimate of drug-likeness (QED) is 0.682. The van der Waals surface area contributed by atoms with Crippen LogP contribution in [-0.4, -0.2) is 30.4 Å². The molecule has 0 aliphatic heterocycles. The molecule has 0 amide bonds. The SMILES string of the molecule is Cc1cc(=O)[nH]c(/N=C/c2c(O)n(C)c(=O)n(C)c2=O)n1. The van der Waals surface area contributed by atoms with Gasteiger partial charge >= 0.3 is 5.69 Å². The number of rotatable bonds is 2. The Kier molecular flexibility index (Phi) is 3.57. The molecule has 2 rings (SSSR count). The van der Waals surface area contributed by atoms with Gasteiger partial charge in [-0.1, -0.05) is 0 Å². The van der Waals surface area contributed by atoms with Gasteiger partial charge in [0.25, 0.3) is 11.1 Å². The van der Waals surface area contributed by atoms with E-state index in [1.165, 1.54) is 20.2 Å². The van der Waals surface area contributed by atoms with Crippen molar-refractivity contribution in [2.75, 3.05) is 0 Å². The molecule has 2 aromatic rings. The fourth-order valence-corrected chi connectivity index (χ4v) is 1.72. The van der Waals surface area contributed by atoms with Crippen LogP contribution in [-0.2, 0) is 14.1 Å². The third-order valence-electron chi connectivity index (χ3n) is 2.84. The van der Waals surface area contributed by atoms with Crippen LogP contribution in [0.4, 0.5) is 5.95 Å². The van der Waals surface area contributed by atoms with E-state index in [0.29, 0.717) is 5.69 Å². The summed E-state index contributed by atoms with van der Waals surface area (Å²) in [5.74, 6) is -0.517. The van der Waals surface area contributed by atoms with Gasteiger partial charge in [0.05, 0.1) is 0 Å². The zero-order valence-corrected chi connectivity index (χ0v) is 11.6. The second kappa shape index (κ2) is 5.19. The molecule has 0 saturated heterocycles. The molecule has 9 nitrogen and oxygen atoms in total. The van der Waals surface area contributed by atoms with Crippen molar-refractivity contribution >= 4 is 12.2 Å². The number of H-pyrrole nitrogens is 1. The first-order chi connectivity index (χ1) is 9.81. The van der Waals surface area contributed by atoms with Gasteiger partial charge in [-0.25, -0.2) is 14.8 Å². The van der Waals surface area contributed by atoms with Crippen LogP contribution >= 0.6 is 0 Å². The molecular formula is C12H13N5O4. The minimum Gasteiger partial charge on any atom is -0.494 e. The molecular weight excluding hydrogens is 278 g/mol. The van der Waals surface area contributed by atoms with Gasteiger partial charge in [-0.2, -0.15) is 0 Å². The Bertz CT molecular complexity index is 903. The number of aliphatic imine (C=N–C) groups is 1. The molecule has 21 heavy (non-hydrogen) atoms. The molecule has 9 heteroatoms. The molecule has 0 fully saturated rings. The average molecular weight is 291 g/mol. The highest BCUT2D eigenvalue weighted by atomic mass is 16.3. The first-order valence-corrected chi connectivity index (χ1v) is 5.92. The number of nitrogens with one attached hydrogen (secondary N) is 1. The Morgan fingerprint density at radius 3 is 2.57 bits per heavy atom. The summed E-state index contributed by atoms with van der Waals surface area (Å²) in [5.41, 5.74) is -1.45. The molecule has 0 bridgehead atoms. The molecule has 0 aliphatic rings. The molecule has 2 aromatic heterocycles. The minimum atomic E-state index is -0.700. The molecule has 0 aromatic carbocycles. The van der Waals surface area contributed by atoms with Gasteiger partial charge in [-0.15, -0.1) is 0 Å². The second-order valence-electron chi connectivity index (χ2n) is 4.41. The summed E-state index contributed by atoms with van der Waals surface area (Å²) in [6.07, 6.45) is 1.05. The smallest absolute Gasteiger partial charge is 0.333 e. The van der Waals surface area contributed by atoms with Crippen LogP contribution in [0.15, 0.2) is 25.4 Å². The Morgan fingerprint density at radius 1 is 1.29 bits per heavy atom. The van der Waals surface area contributed by atoms with Crippen LogP contribution in [0.25, 0.3) is 0 Å². The van der Waals surface area contributed by atoms with E-state index < -0.39 is 17.1 Å². The molecule has 110 valence electrons. The highest BCUT2D eigenvalue weighted by Crippen LogP contribution is 2.08. The van der Waals surface area contributed by atoms with E-state index >= 15 is 0 Å². The van der Waals surface area contributed by atoms with Crippen molar-refractivity contribution in [3.05, 3.63) is 48.5 Å². The first-order valence-electron chi connectivity index (χ1n) is 5.92. The second-order valence-corrected chi connectivity index (χ2v) is 4.41. The van der Waals surface area contributed by atoms with Crippen molar-refractivity contribution in [3.63, 3.8) is 0 Å². The lowest BCUT2D eigenvalue weighted by molar-refractivity contribution is 0.410. The van der Waals surface area contributed by atoms with Crippen LogP contribution in [0.1, 0.15) is 11.3 Å². The zero-order valence-electron chi connectivity index (χ0n) is 11.6. The van der Waals surface area contributed by atoms with Gasteiger partial charge < -0.3 is 5.11 Å². The molecule has 0 atom stereocenters. The molecule has 0 radical (unpaired) electrons. The average Bonchev–Trinajstić information content (AvgIpc) is 2.42. The van der Waals surface area contributed by atoms with Crippen molar-refractivity contribution in [3.8, 4) is 5.88 Å². The van der Waals surface area contributed by atoms with Crippen LogP contribution in [0.2, 0.25) is 0 Å². The van der Waals surface area contributed by atoms with Gasteiger partial charge in [-0.3, -0.25) is 23.7 Å². The van der Waals surface area contributed by atoms with Gasteiger partial charge in [0.1, 0.15) is 5.56 Å². The topological polar surface area (TPSA) is 122 Å². The zero-order chi connectivity index (χ0) is 15.7. The fourth-order valence-electron chi connectivity index (χ4n) is 1.72. The summed E-state index contributed by atoms with van der Waals surface area (Å²) in [6, 6.07) is 1.29. The van der Waals surface area contributed by atoms with E-state index in [0.717, 1.165) is 15.3 Å². The molecule has 0 saturated carbocycles. The van der Waals surface area contributed by atoms with E-state index in [2.05, 4.69) is 15.0 Å². The number of hydrogen-bond acceptors (Lipinski definition) is 6. The van der Waals surface area contributed by atoms with E-state index in [-0.39, 0.29) is 17.1 Å². The van der Waals surface area contributed by atoms with Crippen LogP contribution in [0, 0.1) is 6.92 Å². The van der Waals surface area contributed by atoms with E-state index in [9.17, 15) is 19.5 Å². The largest absolute Gasteiger partial charge is 0.494 e. The van der Waals surface area contributed by atoms with Crippen molar-refractivity contribution in [1.82, 2.24) is 19.1 Å². The lowest BCUT2D eigenvalue weighted by Gasteiger charge is -2.06. The summed E-state index contributed by atoms with van der Waals surface area (Å²) in [7, 11) is 2.61. The lowest BCUT2D eigenvalue weighted by Crippen LogP contribution is -2.38. The third-order valence-corrected chi connectivity index (χ3v) is 2.84. The summed E-state index contributed by atoms with van der Waals surface area (Å²) < 4.78 is 1.75. The summed E-state index contributed by atoms with van der Waals surface area (Å²) >= 11 is 0. The summed E-state index contributed by atoms with van der Waals surface area (Å²) in [4.78, 5) is 45.0. The Morgan fingerprint density at radius 2 is 1.95 bits per heavy atom. The van der Waals surface area contributed by atoms with E-state index in [4.69, 9.17) is 0 Å². The van der Waals surface area contributed by atoms with Gasteiger partial charge in [0, 0.05) is 32.1 Å². The molecule has 2 heterocycles. The number of aromatic hydroxyl groups is 1. The van der Waals surface area contributed by atoms with Gasteiger partial charge in [-0.05, 0) is 6.92 Å². The van der Waals surface area contributed by atoms with Crippen molar-refractivity contribution in [2.45, 2.75) is 6.92 Å². The maximum absolute atomic E-state index is 11.9. The normalized spacial score (nSPS) is 11.2.